The van der Waals surface area contributed by atoms with Gasteiger partial charge in [-0.05, 0) is 35.4 Å². The van der Waals surface area contributed by atoms with Crippen LogP contribution in [0.15, 0.2) is 48.1 Å². The number of methoxy groups -OCH3 is 1. The minimum Gasteiger partial charge on any atom is -0.493 e. The number of fused-ring (bicyclic) bond motifs is 1. The van der Waals surface area contributed by atoms with Crippen LogP contribution >= 0.6 is 22.9 Å². The Morgan fingerprint density at radius 1 is 1.30 bits per heavy atom. The Bertz CT molecular complexity index is 975. The van der Waals surface area contributed by atoms with Crippen LogP contribution in [0.25, 0.3) is 11.1 Å². The third kappa shape index (κ3) is 3.63. The number of carbonyl (C=O) groups is 1. The summed E-state index contributed by atoms with van der Waals surface area (Å²) in [6.07, 6.45) is 1.60. The highest BCUT2D eigenvalue weighted by atomic mass is 35.5. The number of aromatic nitrogens is 1. The Morgan fingerprint density at radius 2 is 2.19 bits per heavy atom. The Balaban J connectivity index is 1.74. The first kappa shape index (κ1) is 17.8. The molecule has 5 nitrogen and oxygen atoms in total. The van der Waals surface area contributed by atoms with Gasteiger partial charge in [0.2, 0.25) is 0 Å². The number of thiazole rings is 1. The number of benzene rings is 2. The zero-order valence-electron chi connectivity index (χ0n) is 14.6. The average Bonchev–Trinajstić information content (AvgIpc) is 3.13. The molecule has 0 aliphatic carbocycles. The van der Waals surface area contributed by atoms with Crippen molar-refractivity contribution in [3.63, 3.8) is 0 Å². The predicted octanol–water partition coefficient (Wildman–Crippen LogP) is 4.51. The average molecular weight is 401 g/mol. The predicted molar refractivity (Wildman–Crippen MR) is 106 cm³/mol. The Morgan fingerprint density at radius 3 is 2.93 bits per heavy atom. The highest BCUT2D eigenvalue weighted by Crippen LogP contribution is 2.39. The summed E-state index contributed by atoms with van der Waals surface area (Å²) in [6.45, 7) is 1.35. The number of hydrogen-bond acceptors (Lipinski definition) is 5. The molecule has 0 atom stereocenters. The van der Waals surface area contributed by atoms with Crippen LogP contribution in [0.4, 0.5) is 0 Å². The molecule has 0 spiro atoms. The number of ether oxygens (including phenoxy) is 2. The lowest BCUT2D eigenvalue weighted by Gasteiger charge is -2.19. The van der Waals surface area contributed by atoms with Crippen LogP contribution in [0.5, 0.6) is 11.5 Å². The lowest BCUT2D eigenvalue weighted by Crippen LogP contribution is -2.31. The maximum absolute atomic E-state index is 12.8. The van der Waals surface area contributed by atoms with Crippen LogP contribution in [0.3, 0.4) is 0 Å². The fourth-order valence-corrected chi connectivity index (χ4v) is 3.90. The highest BCUT2D eigenvalue weighted by molar-refractivity contribution is 7.11. The lowest BCUT2D eigenvalue weighted by atomic mass is 10.0. The molecule has 0 radical (unpaired) electrons. The van der Waals surface area contributed by atoms with Gasteiger partial charge in [-0.2, -0.15) is 0 Å². The summed E-state index contributed by atoms with van der Waals surface area (Å²) < 4.78 is 11.5. The molecule has 0 N–H and O–H groups in total. The van der Waals surface area contributed by atoms with Crippen molar-refractivity contribution in [1.29, 1.82) is 0 Å². The van der Waals surface area contributed by atoms with E-state index in [1.165, 1.54) is 11.3 Å². The van der Waals surface area contributed by atoms with Gasteiger partial charge in [0.15, 0.2) is 11.5 Å². The van der Waals surface area contributed by atoms with Crippen molar-refractivity contribution >= 4 is 28.8 Å². The number of nitrogens with zero attached hydrogens (tertiary/aromatic N) is 2. The van der Waals surface area contributed by atoms with E-state index >= 15 is 0 Å². The monoisotopic (exact) mass is 400 g/mol. The van der Waals surface area contributed by atoms with E-state index in [9.17, 15) is 4.79 Å². The molecule has 1 aliphatic heterocycles. The number of hydrogen-bond donors (Lipinski definition) is 0. The zero-order valence-corrected chi connectivity index (χ0v) is 16.2. The van der Waals surface area contributed by atoms with Gasteiger partial charge in [-0.15, -0.1) is 11.3 Å². The van der Waals surface area contributed by atoms with E-state index in [0.29, 0.717) is 41.1 Å². The van der Waals surface area contributed by atoms with Gasteiger partial charge in [-0.1, -0.05) is 23.7 Å². The summed E-state index contributed by atoms with van der Waals surface area (Å²) >= 11 is 7.49. The van der Waals surface area contributed by atoms with Crippen LogP contribution < -0.4 is 9.47 Å². The van der Waals surface area contributed by atoms with Crippen molar-refractivity contribution in [3.8, 4) is 22.6 Å². The molecule has 2 heterocycles. The van der Waals surface area contributed by atoms with Gasteiger partial charge >= 0.3 is 0 Å². The molecule has 0 unspecified atom stereocenters. The molecule has 27 heavy (non-hydrogen) atoms. The van der Waals surface area contributed by atoms with Crippen LogP contribution in [-0.2, 0) is 6.54 Å². The van der Waals surface area contributed by atoms with Crippen molar-refractivity contribution in [2.45, 2.75) is 6.54 Å². The van der Waals surface area contributed by atoms with Crippen molar-refractivity contribution in [3.05, 3.63) is 63.6 Å². The van der Waals surface area contributed by atoms with Crippen LogP contribution in [-0.4, -0.2) is 36.1 Å². The number of halogens is 1. The second kappa shape index (κ2) is 7.58. The molecule has 0 saturated heterocycles. The number of carbonyl (C=O) groups excluding carboxylic acids is 1. The van der Waals surface area contributed by atoms with Gasteiger partial charge in [-0.3, -0.25) is 9.78 Å². The third-order valence-electron chi connectivity index (χ3n) is 4.41. The molecule has 1 aliphatic rings. The summed E-state index contributed by atoms with van der Waals surface area (Å²) in [6, 6.07) is 11.6. The summed E-state index contributed by atoms with van der Waals surface area (Å²) in [5, 5.41) is 0.666. The van der Waals surface area contributed by atoms with E-state index in [-0.39, 0.29) is 5.91 Å². The van der Waals surface area contributed by atoms with Crippen molar-refractivity contribution < 1.29 is 14.3 Å². The summed E-state index contributed by atoms with van der Waals surface area (Å²) in [7, 11) is 1.62. The third-order valence-corrected chi connectivity index (χ3v) is 5.40. The van der Waals surface area contributed by atoms with E-state index < -0.39 is 0 Å². The van der Waals surface area contributed by atoms with E-state index in [4.69, 9.17) is 21.1 Å². The van der Waals surface area contributed by atoms with Gasteiger partial charge in [0.1, 0.15) is 11.5 Å². The minimum absolute atomic E-state index is 0.0407. The highest BCUT2D eigenvalue weighted by Gasteiger charge is 2.24. The standard InChI is InChI=1S/C20H17ClN2O3S/c1-25-17-9-14(13-3-2-4-16(21)8-13)7-15-11-23(5-6-26-19(15)17)20(24)18-10-22-12-27-18/h2-4,7-10,12H,5-6,11H2,1H3. The second-order valence-corrected chi connectivity index (χ2v) is 7.44. The van der Waals surface area contributed by atoms with E-state index in [1.54, 1.807) is 23.7 Å². The molecule has 4 rings (SSSR count). The van der Waals surface area contributed by atoms with Crippen molar-refractivity contribution in [2.24, 2.45) is 0 Å². The molecule has 3 aromatic rings. The van der Waals surface area contributed by atoms with E-state index in [1.807, 2.05) is 36.4 Å². The fourth-order valence-electron chi connectivity index (χ4n) is 3.12. The van der Waals surface area contributed by atoms with E-state index in [2.05, 4.69) is 4.98 Å². The summed E-state index contributed by atoms with van der Waals surface area (Å²) in [5.74, 6) is 1.29. The zero-order chi connectivity index (χ0) is 18.8. The maximum atomic E-state index is 12.8. The van der Waals surface area contributed by atoms with Crippen molar-refractivity contribution in [1.82, 2.24) is 9.88 Å². The molecule has 1 amide bonds. The normalized spacial score (nSPS) is 13.5. The molecule has 1 aromatic heterocycles. The van der Waals surface area contributed by atoms with Gasteiger partial charge in [-0.25, -0.2) is 0 Å². The molecule has 0 saturated carbocycles. The van der Waals surface area contributed by atoms with E-state index in [0.717, 1.165) is 16.7 Å². The molecule has 0 fully saturated rings. The lowest BCUT2D eigenvalue weighted by molar-refractivity contribution is 0.0737. The fraction of sp³-hybridized carbons (Fsp3) is 0.200. The first-order valence-corrected chi connectivity index (χ1v) is 9.69. The van der Waals surface area contributed by atoms with Gasteiger partial charge in [0.25, 0.3) is 5.91 Å². The molecular formula is C20H17ClN2O3S. The molecule has 0 bridgehead atoms. The smallest absolute Gasteiger partial charge is 0.265 e. The first-order valence-electron chi connectivity index (χ1n) is 8.43. The Kier molecular flexibility index (Phi) is 5.01. The molecule has 2 aromatic carbocycles. The quantitative estimate of drug-likeness (QED) is 0.649. The topological polar surface area (TPSA) is 51.7 Å². The molecule has 7 heteroatoms. The van der Waals surface area contributed by atoms with Crippen molar-refractivity contribution in [2.75, 3.05) is 20.3 Å². The minimum atomic E-state index is -0.0407. The van der Waals surface area contributed by atoms with Gasteiger partial charge in [0.05, 0.1) is 25.4 Å². The largest absolute Gasteiger partial charge is 0.493 e. The number of rotatable bonds is 3. The molecule has 138 valence electrons. The molecular weight excluding hydrogens is 384 g/mol. The van der Waals surface area contributed by atoms with Gasteiger partial charge < -0.3 is 14.4 Å². The first-order chi connectivity index (χ1) is 13.2. The summed E-state index contributed by atoms with van der Waals surface area (Å²) in [4.78, 5) is 19.2. The van der Waals surface area contributed by atoms with Crippen LogP contribution in [0, 0.1) is 0 Å². The van der Waals surface area contributed by atoms with Gasteiger partial charge in [0, 0.05) is 17.1 Å². The number of amides is 1. The maximum Gasteiger partial charge on any atom is 0.265 e. The second-order valence-electron chi connectivity index (χ2n) is 6.12. The Hall–Kier alpha value is -2.57. The van der Waals surface area contributed by atoms with Crippen LogP contribution in [0.1, 0.15) is 15.2 Å². The summed E-state index contributed by atoms with van der Waals surface area (Å²) in [5.41, 5.74) is 4.51. The van der Waals surface area contributed by atoms with Crippen LogP contribution in [0.2, 0.25) is 5.02 Å². The Labute approximate surface area is 166 Å². The SMILES string of the molecule is COc1cc(-c2cccc(Cl)c2)cc2c1OCCN(C(=O)c1cncs1)C2.